The Hall–Kier alpha value is -1.91. The molecule has 3 nitrogen and oxygen atoms in total. The Kier molecular flexibility index (Phi) is 4.25. The molecule has 5 rings (SSSR count). The maximum absolute atomic E-state index is 13.8. The van der Waals surface area contributed by atoms with Crippen LogP contribution in [0.2, 0.25) is 5.02 Å². The summed E-state index contributed by atoms with van der Waals surface area (Å²) in [5, 5.41) is 4.51. The number of rotatable bonds is 5. The standard InChI is InChI=1S/C23H25ClFN3/c1-15-2-3-16(10-18(15)25)13-26-23-8-6-22(14-23,7-9-23)12-21-27-19-5-4-17(24)11-20(19)28-21/h2-5,10-11,26H,6-9,12-14H2,1H3,(H,27,28). The Bertz CT molecular complexity index is 1030. The second-order valence-electron chi connectivity index (χ2n) is 8.92. The number of fused-ring (bicyclic) bond motifs is 3. The molecular weight excluding hydrogens is 373 g/mol. The Morgan fingerprint density at radius 3 is 2.75 bits per heavy atom. The van der Waals surface area contributed by atoms with Crippen LogP contribution in [-0.2, 0) is 13.0 Å². The molecule has 2 fully saturated rings. The largest absolute Gasteiger partial charge is 0.342 e. The molecule has 1 heterocycles. The summed E-state index contributed by atoms with van der Waals surface area (Å²) < 4.78 is 13.8. The van der Waals surface area contributed by atoms with Crippen LogP contribution < -0.4 is 5.32 Å². The lowest BCUT2D eigenvalue weighted by Gasteiger charge is -2.28. The lowest BCUT2D eigenvalue weighted by Crippen LogP contribution is -2.40. The second kappa shape index (κ2) is 6.57. The van der Waals surface area contributed by atoms with E-state index < -0.39 is 0 Å². The van der Waals surface area contributed by atoms with Crippen molar-refractivity contribution in [2.45, 2.75) is 57.5 Å². The molecule has 0 unspecified atom stereocenters. The lowest BCUT2D eigenvalue weighted by molar-refractivity contribution is 0.280. The molecule has 5 heteroatoms. The monoisotopic (exact) mass is 397 g/mol. The highest BCUT2D eigenvalue weighted by atomic mass is 35.5. The minimum absolute atomic E-state index is 0.117. The summed E-state index contributed by atoms with van der Waals surface area (Å²) in [6, 6.07) is 11.4. The van der Waals surface area contributed by atoms with Crippen molar-refractivity contribution < 1.29 is 4.39 Å². The third kappa shape index (κ3) is 3.23. The van der Waals surface area contributed by atoms with Crippen molar-refractivity contribution in [2.24, 2.45) is 5.41 Å². The second-order valence-corrected chi connectivity index (χ2v) is 9.35. The van der Waals surface area contributed by atoms with E-state index in [4.69, 9.17) is 16.6 Å². The number of hydrogen-bond donors (Lipinski definition) is 2. The number of benzene rings is 2. The van der Waals surface area contributed by atoms with E-state index in [0.29, 0.717) is 11.0 Å². The highest BCUT2D eigenvalue weighted by Gasteiger charge is 2.53. The zero-order valence-electron chi connectivity index (χ0n) is 16.1. The molecule has 28 heavy (non-hydrogen) atoms. The van der Waals surface area contributed by atoms with E-state index >= 15 is 0 Å². The van der Waals surface area contributed by atoms with Gasteiger partial charge in [-0.2, -0.15) is 0 Å². The average molecular weight is 398 g/mol. The Balaban J connectivity index is 1.28. The van der Waals surface area contributed by atoms with Crippen molar-refractivity contribution in [3.63, 3.8) is 0 Å². The van der Waals surface area contributed by atoms with Gasteiger partial charge in [-0.05, 0) is 79.8 Å². The molecule has 2 aromatic carbocycles. The highest BCUT2D eigenvalue weighted by Crippen LogP contribution is 2.57. The highest BCUT2D eigenvalue weighted by molar-refractivity contribution is 6.31. The maximum Gasteiger partial charge on any atom is 0.126 e. The van der Waals surface area contributed by atoms with Gasteiger partial charge >= 0.3 is 0 Å². The van der Waals surface area contributed by atoms with Gasteiger partial charge in [0.25, 0.3) is 0 Å². The van der Waals surface area contributed by atoms with Gasteiger partial charge < -0.3 is 10.3 Å². The summed E-state index contributed by atoms with van der Waals surface area (Å²) in [5.41, 5.74) is 4.24. The first-order chi connectivity index (χ1) is 13.4. The molecule has 2 N–H and O–H groups in total. The van der Waals surface area contributed by atoms with Crippen molar-refractivity contribution >= 4 is 22.6 Å². The summed E-state index contributed by atoms with van der Waals surface area (Å²) in [5.74, 6) is 0.949. The maximum atomic E-state index is 13.8. The van der Waals surface area contributed by atoms with Gasteiger partial charge in [0, 0.05) is 23.5 Å². The molecule has 2 aliphatic carbocycles. The number of aromatic nitrogens is 2. The first-order valence-electron chi connectivity index (χ1n) is 10.1. The van der Waals surface area contributed by atoms with Gasteiger partial charge in [-0.3, -0.25) is 0 Å². The molecule has 1 aromatic heterocycles. The van der Waals surface area contributed by atoms with Crippen molar-refractivity contribution in [1.29, 1.82) is 0 Å². The first kappa shape index (κ1) is 18.1. The van der Waals surface area contributed by atoms with Gasteiger partial charge in [-0.15, -0.1) is 0 Å². The number of imidazole rings is 1. The molecule has 146 valence electrons. The zero-order valence-corrected chi connectivity index (χ0v) is 16.9. The quantitative estimate of drug-likeness (QED) is 0.579. The van der Waals surface area contributed by atoms with Crippen molar-refractivity contribution in [3.8, 4) is 0 Å². The summed E-state index contributed by atoms with van der Waals surface area (Å²) in [6.07, 6.45) is 6.98. The first-order valence-corrected chi connectivity index (χ1v) is 10.5. The number of aromatic amines is 1. The third-order valence-corrected chi connectivity index (χ3v) is 7.16. The number of hydrogen-bond acceptors (Lipinski definition) is 2. The summed E-state index contributed by atoms with van der Waals surface area (Å²) >= 11 is 6.10. The zero-order chi connectivity index (χ0) is 19.4. The smallest absolute Gasteiger partial charge is 0.126 e. The lowest BCUT2D eigenvalue weighted by atomic mass is 9.81. The molecule has 0 radical (unpaired) electrons. The fourth-order valence-corrected chi connectivity index (χ4v) is 5.49. The van der Waals surface area contributed by atoms with Gasteiger partial charge in [0.1, 0.15) is 11.6 Å². The van der Waals surface area contributed by atoms with E-state index in [1.165, 1.54) is 32.1 Å². The topological polar surface area (TPSA) is 40.7 Å². The summed E-state index contributed by atoms with van der Waals surface area (Å²) in [6.45, 7) is 2.54. The van der Waals surface area contributed by atoms with E-state index in [1.54, 1.807) is 13.0 Å². The number of nitrogens with zero attached hydrogens (tertiary/aromatic N) is 1. The van der Waals surface area contributed by atoms with Gasteiger partial charge in [0.2, 0.25) is 0 Å². The molecular formula is C23H25ClFN3. The van der Waals surface area contributed by atoms with Gasteiger partial charge in [-0.25, -0.2) is 9.37 Å². The molecule has 0 amide bonds. The van der Waals surface area contributed by atoms with E-state index in [9.17, 15) is 4.39 Å². The summed E-state index contributed by atoms with van der Waals surface area (Å²) in [4.78, 5) is 8.25. The average Bonchev–Trinajstić information content (AvgIpc) is 3.34. The minimum Gasteiger partial charge on any atom is -0.342 e. The normalized spacial score (nSPS) is 26.4. The van der Waals surface area contributed by atoms with E-state index in [-0.39, 0.29) is 11.4 Å². The van der Waals surface area contributed by atoms with Gasteiger partial charge in [0.05, 0.1) is 11.0 Å². The molecule has 3 aromatic rings. The molecule has 2 saturated carbocycles. The van der Waals surface area contributed by atoms with Crippen LogP contribution in [0.25, 0.3) is 11.0 Å². The number of aryl methyl sites for hydroxylation is 1. The van der Waals surface area contributed by atoms with Crippen LogP contribution in [0.15, 0.2) is 36.4 Å². The Morgan fingerprint density at radius 1 is 1.14 bits per heavy atom. The minimum atomic E-state index is -0.117. The molecule has 0 aliphatic heterocycles. The Morgan fingerprint density at radius 2 is 1.96 bits per heavy atom. The molecule has 0 saturated heterocycles. The summed E-state index contributed by atoms with van der Waals surface area (Å²) in [7, 11) is 0. The molecule has 0 spiro atoms. The van der Waals surface area contributed by atoms with E-state index in [1.807, 2.05) is 30.3 Å². The molecule has 2 bridgehead atoms. The van der Waals surface area contributed by atoms with Crippen LogP contribution in [0.5, 0.6) is 0 Å². The number of nitrogens with one attached hydrogen (secondary N) is 2. The fourth-order valence-electron chi connectivity index (χ4n) is 5.32. The van der Waals surface area contributed by atoms with Crippen LogP contribution >= 0.6 is 11.6 Å². The number of halogens is 2. The van der Waals surface area contributed by atoms with Crippen molar-refractivity contribution in [2.75, 3.05) is 0 Å². The molecule has 2 aliphatic rings. The predicted molar refractivity (Wildman–Crippen MR) is 111 cm³/mol. The van der Waals surface area contributed by atoms with Crippen LogP contribution in [0, 0.1) is 18.2 Å². The predicted octanol–water partition coefficient (Wildman–Crippen LogP) is 5.70. The van der Waals surface area contributed by atoms with E-state index in [2.05, 4.69) is 10.3 Å². The van der Waals surface area contributed by atoms with Crippen molar-refractivity contribution in [1.82, 2.24) is 15.3 Å². The third-order valence-electron chi connectivity index (χ3n) is 6.92. The van der Waals surface area contributed by atoms with Gasteiger partial charge in [0.15, 0.2) is 0 Å². The number of H-pyrrole nitrogens is 1. The SMILES string of the molecule is Cc1ccc(CNC23CCC(Cc4nc5ccc(Cl)cc5[nH]4)(CC2)C3)cc1F. The van der Waals surface area contributed by atoms with Crippen LogP contribution in [0.3, 0.4) is 0 Å². The van der Waals surface area contributed by atoms with Crippen LogP contribution in [0.4, 0.5) is 4.39 Å². The van der Waals surface area contributed by atoms with Gasteiger partial charge in [-0.1, -0.05) is 23.7 Å². The van der Waals surface area contributed by atoms with Crippen LogP contribution in [0.1, 0.15) is 49.1 Å². The van der Waals surface area contributed by atoms with E-state index in [0.717, 1.165) is 40.4 Å². The van der Waals surface area contributed by atoms with Crippen LogP contribution in [-0.4, -0.2) is 15.5 Å². The molecule has 0 atom stereocenters. The fraction of sp³-hybridized carbons (Fsp3) is 0.435. The van der Waals surface area contributed by atoms with Crippen molar-refractivity contribution in [3.05, 3.63) is 64.2 Å². The Labute approximate surface area is 169 Å².